The number of rotatable bonds is 3. The minimum atomic E-state index is 0.416. The summed E-state index contributed by atoms with van der Waals surface area (Å²) in [5.74, 6) is 0. The summed E-state index contributed by atoms with van der Waals surface area (Å²) in [6, 6.07) is 2.54. The van der Waals surface area contributed by atoms with E-state index in [1.165, 1.54) is 12.8 Å². The zero-order valence-electron chi connectivity index (χ0n) is 8.26. The molecule has 4 nitrogen and oxygen atoms in total. The number of fused-ring (bicyclic) bond motifs is 1. The lowest BCUT2D eigenvalue weighted by Gasteiger charge is -1.99. The fourth-order valence-electron chi connectivity index (χ4n) is 1.79. The smallest absolute Gasteiger partial charge is 0.160 e. The van der Waals surface area contributed by atoms with Gasteiger partial charge in [-0.1, -0.05) is 0 Å². The fraction of sp³-hybridized carbons (Fsp3) is 0.364. The summed E-state index contributed by atoms with van der Waals surface area (Å²) in [6.07, 6.45) is 7.36. The molecule has 0 saturated heterocycles. The Labute approximate surface area is 87.0 Å². The predicted octanol–water partition coefficient (Wildman–Crippen LogP) is 1.51. The summed E-state index contributed by atoms with van der Waals surface area (Å²) >= 11 is 0. The maximum atomic E-state index is 10.4. The lowest BCUT2D eigenvalue weighted by Crippen LogP contribution is -1.94. The minimum absolute atomic E-state index is 0.416. The van der Waals surface area contributed by atoms with E-state index in [0.717, 1.165) is 23.0 Å². The van der Waals surface area contributed by atoms with Gasteiger partial charge in [-0.2, -0.15) is 0 Å². The fourth-order valence-corrected chi connectivity index (χ4v) is 1.79. The molecule has 4 heteroatoms. The highest BCUT2D eigenvalue weighted by molar-refractivity contribution is 5.72. The topological polar surface area (TPSA) is 47.8 Å². The number of imidazole rings is 1. The molecule has 0 unspecified atom stereocenters. The molecule has 0 radical (unpaired) electrons. The van der Waals surface area contributed by atoms with Crippen LogP contribution in [0.4, 0.5) is 0 Å². The summed E-state index contributed by atoms with van der Waals surface area (Å²) in [7, 11) is 0. The van der Waals surface area contributed by atoms with Gasteiger partial charge in [0, 0.05) is 18.7 Å². The van der Waals surface area contributed by atoms with Crippen molar-refractivity contribution in [3.8, 4) is 0 Å². The molecule has 0 N–H and O–H groups in total. The number of carbonyl (C=O) groups excluding carboxylic acids is 1. The molecule has 1 aliphatic rings. The lowest BCUT2D eigenvalue weighted by molar-refractivity contribution is -0.107. The van der Waals surface area contributed by atoms with Gasteiger partial charge in [0.25, 0.3) is 0 Å². The molecule has 0 aliphatic heterocycles. The van der Waals surface area contributed by atoms with E-state index in [-0.39, 0.29) is 0 Å². The van der Waals surface area contributed by atoms with Crippen LogP contribution >= 0.6 is 0 Å². The van der Waals surface area contributed by atoms with E-state index in [1.54, 1.807) is 6.20 Å². The van der Waals surface area contributed by atoms with E-state index < -0.39 is 0 Å². The van der Waals surface area contributed by atoms with Crippen LogP contribution in [0.5, 0.6) is 0 Å². The van der Waals surface area contributed by atoms with Crippen molar-refractivity contribution in [3.63, 3.8) is 0 Å². The van der Waals surface area contributed by atoms with Crippen molar-refractivity contribution in [2.45, 2.75) is 25.3 Å². The first-order chi connectivity index (χ1) is 7.38. The van der Waals surface area contributed by atoms with E-state index in [0.29, 0.717) is 12.5 Å². The van der Waals surface area contributed by atoms with E-state index in [9.17, 15) is 4.79 Å². The number of hydrogen-bond donors (Lipinski definition) is 0. The zero-order chi connectivity index (χ0) is 10.3. The molecule has 2 aromatic rings. The zero-order valence-corrected chi connectivity index (χ0v) is 8.26. The van der Waals surface area contributed by atoms with E-state index >= 15 is 0 Å². The van der Waals surface area contributed by atoms with Gasteiger partial charge in [0.05, 0.1) is 6.33 Å². The summed E-state index contributed by atoms with van der Waals surface area (Å²) in [4.78, 5) is 19.1. The van der Waals surface area contributed by atoms with E-state index in [2.05, 4.69) is 14.5 Å². The van der Waals surface area contributed by atoms with Crippen LogP contribution in [0, 0.1) is 0 Å². The molecule has 0 amide bonds. The van der Waals surface area contributed by atoms with E-state index in [1.807, 2.05) is 12.4 Å². The van der Waals surface area contributed by atoms with Crippen molar-refractivity contribution in [2.24, 2.45) is 0 Å². The molecule has 0 bridgehead atoms. The van der Waals surface area contributed by atoms with Crippen LogP contribution in [-0.2, 0) is 11.2 Å². The number of carbonyl (C=O) groups is 1. The van der Waals surface area contributed by atoms with Crippen LogP contribution in [0.25, 0.3) is 11.2 Å². The Hall–Kier alpha value is -1.71. The van der Waals surface area contributed by atoms with Crippen molar-refractivity contribution in [2.75, 3.05) is 0 Å². The van der Waals surface area contributed by atoms with Gasteiger partial charge in [-0.25, -0.2) is 9.97 Å². The molecule has 15 heavy (non-hydrogen) atoms. The van der Waals surface area contributed by atoms with Crippen LogP contribution in [-0.4, -0.2) is 20.8 Å². The summed E-state index contributed by atoms with van der Waals surface area (Å²) in [6.45, 7) is 0. The Morgan fingerprint density at radius 3 is 3.07 bits per heavy atom. The third-order valence-corrected chi connectivity index (χ3v) is 2.73. The molecule has 1 saturated carbocycles. The number of nitrogens with zero attached hydrogens (tertiary/aromatic N) is 3. The highest BCUT2D eigenvalue weighted by Crippen LogP contribution is 2.36. The predicted molar refractivity (Wildman–Crippen MR) is 55.6 cm³/mol. The van der Waals surface area contributed by atoms with Gasteiger partial charge >= 0.3 is 0 Å². The summed E-state index contributed by atoms with van der Waals surface area (Å²) < 4.78 is 2.13. The van der Waals surface area contributed by atoms with Gasteiger partial charge in [-0.3, -0.25) is 0 Å². The maximum absolute atomic E-state index is 10.4. The van der Waals surface area contributed by atoms with Crippen LogP contribution in [0.3, 0.4) is 0 Å². The average molecular weight is 201 g/mol. The van der Waals surface area contributed by atoms with Crippen LogP contribution < -0.4 is 0 Å². The highest BCUT2D eigenvalue weighted by Gasteiger charge is 2.25. The first kappa shape index (κ1) is 8.59. The van der Waals surface area contributed by atoms with Gasteiger partial charge in [-0.15, -0.1) is 0 Å². The highest BCUT2D eigenvalue weighted by atomic mass is 16.1. The molecule has 2 aromatic heterocycles. The van der Waals surface area contributed by atoms with Crippen LogP contribution in [0.1, 0.15) is 24.4 Å². The number of aldehydes is 1. The standard InChI is InChI=1S/C11H11N3O/c15-4-3-8-5-10-11(12-6-8)14(7-13-10)9-1-2-9/h4-7,9H,1-3H2. The lowest BCUT2D eigenvalue weighted by atomic mass is 10.2. The molecule has 0 aromatic carbocycles. The Bertz CT molecular complexity index is 514. The summed E-state index contributed by atoms with van der Waals surface area (Å²) in [5, 5.41) is 0. The van der Waals surface area contributed by atoms with Crippen LogP contribution in [0.2, 0.25) is 0 Å². The molecule has 0 spiro atoms. The molecule has 3 rings (SSSR count). The monoisotopic (exact) mass is 201 g/mol. The second-order valence-corrected chi connectivity index (χ2v) is 3.94. The van der Waals surface area contributed by atoms with Gasteiger partial charge in [0.2, 0.25) is 0 Å². The molecule has 1 fully saturated rings. The maximum Gasteiger partial charge on any atom is 0.160 e. The largest absolute Gasteiger partial charge is 0.312 e. The quantitative estimate of drug-likeness (QED) is 0.707. The molecular weight excluding hydrogens is 190 g/mol. The first-order valence-electron chi connectivity index (χ1n) is 5.13. The van der Waals surface area contributed by atoms with Gasteiger partial charge in [0.15, 0.2) is 5.65 Å². The molecule has 76 valence electrons. The Morgan fingerprint density at radius 1 is 1.47 bits per heavy atom. The van der Waals surface area contributed by atoms with Crippen molar-refractivity contribution in [1.29, 1.82) is 0 Å². The molecule has 0 atom stereocenters. The van der Waals surface area contributed by atoms with Gasteiger partial charge < -0.3 is 9.36 Å². The van der Waals surface area contributed by atoms with Gasteiger partial charge in [-0.05, 0) is 24.5 Å². The summed E-state index contributed by atoms with van der Waals surface area (Å²) in [5.41, 5.74) is 2.76. The second-order valence-electron chi connectivity index (χ2n) is 3.94. The Balaban J connectivity index is 2.09. The van der Waals surface area contributed by atoms with Crippen molar-refractivity contribution in [3.05, 3.63) is 24.2 Å². The number of hydrogen-bond acceptors (Lipinski definition) is 3. The first-order valence-corrected chi connectivity index (χ1v) is 5.13. The van der Waals surface area contributed by atoms with Gasteiger partial charge in [0.1, 0.15) is 11.8 Å². The minimum Gasteiger partial charge on any atom is -0.312 e. The SMILES string of the molecule is O=CCc1cnc2c(c1)ncn2C1CC1. The average Bonchev–Trinajstić information content (AvgIpc) is 3.00. The van der Waals surface area contributed by atoms with Crippen molar-refractivity contribution >= 4 is 17.5 Å². The Kier molecular flexibility index (Phi) is 1.80. The van der Waals surface area contributed by atoms with Crippen LogP contribution in [0.15, 0.2) is 18.6 Å². The number of pyridine rings is 1. The van der Waals surface area contributed by atoms with E-state index in [4.69, 9.17) is 0 Å². The molecule has 1 aliphatic carbocycles. The normalized spacial score (nSPS) is 15.7. The Morgan fingerprint density at radius 2 is 2.33 bits per heavy atom. The third kappa shape index (κ3) is 1.42. The third-order valence-electron chi connectivity index (χ3n) is 2.73. The molecular formula is C11H11N3O. The van der Waals surface area contributed by atoms with Crippen molar-refractivity contribution < 1.29 is 4.79 Å². The van der Waals surface area contributed by atoms with Crippen molar-refractivity contribution in [1.82, 2.24) is 14.5 Å². The second kappa shape index (κ2) is 3.15. The number of aromatic nitrogens is 3. The molecule has 2 heterocycles.